The molecule has 39 heteroatoms. The molecule has 0 atom stereocenters. The third kappa shape index (κ3) is 24.0. The summed E-state index contributed by atoms with van der Waals surface area (Å²) in [6.07, 6.45) is 1.65. The van der Waals surface area contributed by atoms with Crippen molar-refractivity contribution in [2.45, 2.75) is 248 Å². The number of rotatable bonds is 17. The van der Waals surface area contributed by atoms with Crippen molar-refractivity contribution in [2.24, 2.45) is 0 Å². The van der Waals surface area contributed by atoms with Gasteiger partial charge in [-0.05, 0) is 220 Å². The van der Waals surface area contributed by atoms with Crippen LogP contribution in [0, 0.1) is 29.9 Å². The number of carbonyl (C=O) groups excluding carboxylic acids is 8. The fraction of sp³-hybridized carbons (Fsp3) is 0.467. The van der Waals surface area contributed by atoms with Crippen LogP contribution in [0.1, 0.15) is 265 Å². The van der Waals surface area contributed by atoms with Gasteiger partial charge < -0.3 is 64.4 Å². The summed E-state index contributed by atoms with van der Waals surface area (Å²) >= 11 is 0. The van der Waals surface area contributed by atoms with Gasteiger partial charge in [-0.1, -0.05) is 97.4 Å². The van der Waals surface area contributed by atoms with Crippen LogP contribution in [0.3, 0.4) is 0 Å². The molecule has 0 unspecified atom stereocenters. The Balaban J connectivity index is 0.000000163. The van der Waals surface area contributed by atoms with Gasteiger partial charge in [0.25, 0.3) is 47.3 Å². The molecule has 8 aromatic heterocycles. The number of piperazine rings is 4. The number of nitrogens with zero attached hydrogens (tertiary/aromatic N) is 21. The molecule has 4 N–H and O–H groups in total. The van der Waals surface area contributed by atoms with E-state index in [0.29, 0.717) is 102 Å². The quantitative estimate of drug-likeness (QED) is 0.0615. The summed E-state index contributed by atoms with van der Waals surface area (Å²) in [5.74, 6) is -4.36. The Labute approximate surface area is 844 Å². The Morgan fingerprint density at radius 2 is 0.596 bits per heavy atom. The summed E-state index contributed by atoms with van der Waals surface area (Å²) in [6.45, 7) is 48.8. The van der Waals surface area contributed by atoms with Gasteiger partial charge in [0.1, 0.15) is 50.9 Å². The van der Waals surface area contributed by atoms with E-state index in [2.05, 4.69) is 88.8 Å². The molecular formula is C107H130F5N21O13. The molecule has 0 radical (unpaired) electrons. The fourth-order valence-corrected chi connectivity index (χ4v) is 18.5. The highest BCUT2D eigenvalue weighted by atomic mass is 19.4. The topological polar surface area (TPSA) is 397 Å². The van der Waals surface area contributed by atoms with Gasteiger partial charge in [-0.3, -0.25) is 38.4 Å². The normalized spacial score (nSPS) is 16.1. The smallest absolute Gasteiger partial charge is 0.406 e. The number of alkyl halides is 3. The van der Waals surface area contributed by atoms with E-state index in [4.69, 9.17) is 20.4 Å². The minimum atomic E-state index is -4.78. The first-order valence-corrected chi connectivity index (χ1v) is 48.6. The van der Waals surface area contributed by atoms with Crippen LogP contribution in [0.2, 0.25) is 0 Å². The van der Waals surface area contributed by atoms with Crippen molar-refractivity contribution in [1.29, 1.82) is 5.26 Å². The van der Waals surface area contributed by atoms with E-state index in [0.717, 1.165) is 56.9 Å². The molecule has 776 valence electrons. The maximum atomic E-state index is 13.9. The largest absolute Gasteiger partial charge is 0.573 e. The number of amides is 8. The van der Waals surface area contributed by atoms with Crippen molar-refractivity contribution >= 4 is 69.8 Å². The Kier molecular flexibility index (Phi) is 30.7. The summed E-state index contributed by atoms with van der Waals surface area (Å²) in [5, 5.41) is 68.2. The maximum absolute atomic E-state index is 13.9. The molecule has 16 rings (SSSR count). The summed E-state index contributed by atoms with van der Waals surface area (Å²) in [6, 6.07) is 34.2. The number of halogens is 5. The molecule has 0 aliphatic carbocycles. The van der Waals surface area contributed by atoms with Gasteiger partial charge in [-0.2, -0.15) is 25.7 Å². The minimum absolute atomic E-state index is 0.0141. The Bertz CT molecular complexity index is 7030. The van der Waals surface area contributed by atoms with E-state index in [1.807, 2.05) is 119 Å². The molecule has 4 aliphatic rings. The van der Waals surface area contributed by atoms with E-state index in [1.54, 1.807) is 85.0 Å². The lowest BCUT2D eigenvalue weighted by Gasteiger charge is -2.47. The van der Waals surface area contributed by atoms with Crippen molar-refractivity contribution in [2.75, 3.05) is 78.5 Å². The second-order valence-electron chi connectivity index (χ2n) is 43.6. The summed E-state index contributed by atoms with van der Waals surface area (Å²) in [5.41, 5.74) is 5.44. The first-order chi connectivity index (χ1) is 67.7. The van der Waals surface area contributed by atoms with E-state index >= 15 is 0 Å². The second kappa shape index (κ2) is 41.1. The molecule has 0 bridgehead atoms. The van der Waals surface area contributed by atoms with Gasteiger partial charge in [0.15, 0.2) is 34.2 Å². The predicted octanol–water partition coefficient (Wildman–Crippen LogP) is 14.8. The van der Waals surface area contributed by atoms with Crippen molar-refractivity contribution in [3.63, 3.8) is 0 Å². The molecule has 4 aliphatic heterocycles. The fourth-order valence-electron chi connectivity index (χ4n) is 18.5. The average Bonchev–Trinajstić information content (AvgIpc) is 1.60. The molecule has 0 saturated carbocycles. The summed E-state index contributed by atoms with van der Waals surface area (Å²) < 4.78 is 75.2. The number of hydrogen-bond donors (Lipinski definition) is 4. The van der Waals surface area contributed by atoms with Crippen molar-refractivity contribution in [3.8, 4) is 56.8 Å². The number of carbonyl (C=O) groups is 8. The average molecular weight is 2010 g/mol. The minimum Gasteiger partial charge on any atom is -0.406 e. The zero-order chi connectivity index (χ0) is 108. The lowest BCUT2D eigenvalue weighted by Crippen LogP contribution is -2.64. The van der Waals surface area contributed by atoms with Crippen LogP contribution >= 0.6 is 0 Å². The van der Waals surface area contributed by atoms with Crippen LogP contribution in [-0.2, 0) is 19.2 Å². The number of benzene rings is 4. The van der Waals surface area contributed by atoms with E-state index in [1.165, 1.54) is 107 Å². The Hall–Kier alpha value is -14.1. The zero-order valence-corrected chi connectivity index (χ0v) is 87.3. The molecule has 12 heterocycles. The van der Waals surface area contributed by atoms with Crippen LogP contribution in [-0.4, -0.2) is 295 Å². The Morgan fingerprint density at radius 3 is 0.822 bits per heavy atom. The number of aryl methyl sites for hydroxylation is 1. The highest BCUT2D eigenvalue weighted by Crippen LogP contribution is 2.38. The SMILES string of the molecule is CC(C)c1cc(-c2ccc(C#N)cc2)nn2cc(C(=O)N3CCN(C(=O)C(C)(C)O)CC3(C)C)nc12.CC(C)c1cc(-c2ccc(F)c(F)c2)nn2cc(C(=O)N3CCN(C(=O)C(C)(C)O)CC3(C)C)nc12.CC(C)c1cc(-c2ccc(OC(F)(F)F)cc2)nn2cc(C(=O)N3CCN(C(=O)C(C)(C)O)CC3(C)C)nc12.Cc1ccc(-c2cc(C(C)C)c3nc(C(=O)N4CCN(C(=O)C(C)(C)O)CC4(C)C)cn3n2)cc1. The van der Waals surface area contributed by atoms with E-state index in [9.17, 15) is 80.7 Å². The number of imidazole rings is 4. The van der Waals surface area contributed by atoms with Crippen LogP contribution in [0.15, 0.2) is 140 Å². The highest BCUT2D eigenvalue weighted by Gasteiger charge is 2.48. The zero-order valence-electron chi connectivity index (χ0n) is 87.3. The standard InChI is InChI=1S/C27H32F3N5O4.C27H32N6O3.C27H35N5O3.C26H31F2N5O3/c1-16(2)19-13-20(17-7-9-18(10-8-17)39-27(28,29)30)32-35-14-21(31-22(19)35)23(36)34-12-11-33(15-25(34,3)4)24(37)26(5,6)38;1-17(2)20-13-21(19-9-7-18(14-28)8-10-19)30-33-15-22(29-23(20)33)24(34)32-12-11-31(16-26(32,3)4)25(35)27(5,6)36;1-17(2)20-14-21(19-10-8-18(3)9-11-19)29-32-15-22(28-23(20)32)24(33)31-13-12-30(16-26(31,4)5)25(34)27(6,7)35;1-15(2)17-12-20(16-7-8-18(27)19(28)11-16)30-33-13-21(29-22(17)33)23(34)32-10-9-31(14-25(32,3)4)24(35)26(5,6)36/h7-10,13-14,16,38H,11-12,15H2,1-6H3;7-10,13,15,17,36H,11-12,16H2,1-6H3;8-11,14-15,17,35H,12-13,16H2,1-7H3;7-8,11-13,15,36H,9-10,14H2,1-6H3. The van der Waals surface area contributed by atoms with Gasteiger partial charge in [-0.15, -0.1) is 13.2 Å². The molecule has 12 aromatic rings. The van der Waals surface area contributed by atoms with E-state index in [-0.39, 0.29) is 121 Å². The van der Waals surface area contributed by atoms with Gasteiger partial charge in [0, 0.05) is 123 Å². The molecule has 4 fully saturated rings. The number of nitriles is 1. The van der Waals surface area contributed by atoms with Gasteiger partial charge in [0.2, 0.25) is 0 Å². The van der Waals surface area contributed by atoms with Gasteiger partial charge >= 0.3 is 6.36 Å². The number of ether oxygens (including phenoxy) is 1. The molecule has 4 aromatic carbocycles. The van der Waals surface area contributed by atoms with Crippen molar-refractivity contribution in [1.82, 2.24) is 97.6 Å². The first kappa shape index (κ1) is 109. The van der Waals surface area contributed by atoms with Crippen molar-refractivity contribution < 1.29 is 85.5 Å². The lowest BCUT2D eigenvalue weighted by molar-refractivity contribution is -0.274. The van der Waals surface area contributed by atoms with Crippen molar-refractivity contribution in [3.05, 3.63) is 208 Å². The van der Waals surface area contributed by atoms with Crippen LogP contribution < -0.4 is 4.74 Å². The lowest BCUT2D eigenvalue weighted by atomic mass is 9.96. The van der Waals surface area contributed by atoms with Gasteiger partial charge in [0.05, 0.1) is 81.4 Å². The third-order valence-electron chi connectivity index (χ3n) is 26.3. The highest BCUT2D eigenvalue weighted by molar-refractivity contribution is 5.97. The van der Waals surface area contributed by atoms with Crippen LogP contribution in [0.5, 0.6) is 5.75 Å². The van der Waals surface area contributed by atoms with Gasteiger partial charge in [-0.25, -0.2) is 46.8 Å². The molecule has 8 amide bonds. The maximum Gasteiger partial charge on any atom is 0.573 e. The number of aliphatic hydroxyl groups is 4. The number of hydrogen-bond acceptors (Lipinski definition) is 22. The summed E-state index contributed by atoms with van der Waals surface area (Å²) in [4.78, 5) is 136. The number of aromatic nitrogens is 12. The number of fused-ring (bicyclic) bond motifs is 4. The molecule has 146 heavy (non-hydrogen) atoms. The Morgan fingerprint density at radius 1 is 0.356 bits per heavy atom. The van der Waals surface area contributed by atoms with Crippen LogP contribution in [0.25, 0.3) is 67.6 Å². The van der Waals surface area contributed by atoms with Crippen LogP contribution in [0.4, 0.5) is 22.0 Å². The first-order valence-electron chi connectivity index (χ1n) is 48.6. The second-order valence-corrected chi connectivity index (χ2v) is 43.6. The monoisotopic (exact) mass is 2010 g/mol. The molecule has 34 nitrogen and oxygen atoms in total. The van der Waals surface area contributed by atoms with E-state index < -0.39 is 68.5 Å². The summed E-state index contributed by atoms with van der Waals surface area (Å²) in [7, 11) is 0. The predicted molar refractivity (Wildman–Crippen MR) is 538 cm³/mol. The molecular weight excluding hydrogens is 1880 g/mol. The molecule has 4 saturated heterocycles. The molecule has 0 spiro atoms. The third-order valence-corrected chi connectivity index (χ3v) is 26.3.